The number of piperidine rings is 1. The van der Waals surface area contributed by atoms with Gasteiger partial charge in [-0.3, -0.25) is 14.8 Å². The van der Waals surface area contributed by atoms with Crippen LogP contribution in [0.25, 0.3) is 0 Å². The van der Waals surface area contributed by atoms with Crippen LogP contribution in [0.4, 0.5) is 0 Å². The summed E-state index contributed by atoms with van der Waals surface area (Å²) in [4.78, 5) is 11.5. The highest BCUT2D eigenvalue weighted by Crippen LogP contribution is 2.35. The fourth-order valence-corrected chi connectivity index (χ4v) is 5.67. The highest BCUT2D eigenvalue weighted by atomic mass is 16.6. The van der Waals surface area contributed by atoms with E-state index in [1.807, 2.05) is 11.8 Å². The molecule has 0 bridgehead atoms. The quantitative estimate of drug-likeness (QED) is 0.546. The molecule has 0 amide bonds. The number of nitrogens with zero attached hydrogens (tertiary/aromatic N) is 4. The topological polar surface area (TPSA) is 93.0 Å². The van der Waals surface area contributed by atoms with Crippen LogP contribution < -0.4 is 5.32 Å². The second-order valence-electron chi connectivity index (χ2n) is 10.4. The second-order valence-corrected chi connectivity index (χ2v) is 10.4. The van der Waals surface area contributed by atoms with Gasteiger partial charge in [0.25, 0.3) is 0 Å². The normalized spacial score (nSPS) is 45.7. The van der Waals surface area contributed by atoms with Crippen molar-refractivity contribution in [2.24, 2.45) is 10.9 Å². The number of fused-ring (bicyclic) bond motifs is 1. The molecule has 3 fully saturated rings. The van der Waals surface area contributed by atoms with Crippen LogP contribution in [-0.2, 0) is 9.47 Å². The van der Waals surface area contributed by atoms with E-state index < -0.39 is 24.0 Å². The monoisotopic (exact) mass is 453 g/mol. The third-order valence-corrected chi connectivity index (χ3v) is 8.34. The van der Waals surface area contributed by atoms with Gasteiger partial charge >= 0.3 is 0 Å². The van der Waals surface area contributed by atoms with Crippen LogP contribution in [0.5, 0.6) is 0 Å². The van der Waals surface area contributed by atoms with Crippen molar-refractivity contribution in [1.29, 1.82) is 0 Å². The summed E-state index contributed by atoms with van der Waals surface area (Å²) in [6.07, 6.45) is 0.139. The molecule has 184 valence electrons. The third-order valence-electron chi connectivity index (χ3n) is 8.34. The lowest BCUT2D eigenvalue weighted by atomic mass is 9.93. The van der Waals surface area contributed by atoms with Gasteiger partial charge in [0, 0.05) is 44.1 Å². The Morgan fingerprint density at radius 1 is 1.34 bits per heavy atom. The predicted octanol–water partition coefficient (Wildman–Crippen LogP) is 0.270. The van der Waals surface area contributed by atoms with Crippen molar-refractivity contribution in [2.45, 2.75) is 95.9 Å². The van der Waals surface area contributed by atoms with Crippen LogP contribution >= 0.6 is 0 Å². The summed E-state index contributed by atoms with van der Waals surface area (Å²) in [6.45, 7) is 13.9. The maximum atomic E-state index is 11.2. The standard InChI is InChI=1S/C23H43N5O4/c1-7-27(21-15(3)16(4)26(6)13-25-21)22-20(29)23(5,30)18(32-22)12-31-17-8-9-28-14(2)11-24-19(28)10-17/h14-20,22,24,29-30H,7-13H2,1-6H3/t14?,15?,16?,17?,18-,19?,20+,22-,23-/m1/s1. The largest absolute Gasteiger partial charge is 0.385 e. The van der Waals surface area contributed by atoms with E-state index >= 15 is 0 Å². The van der Waals surface area contributed by atoms with Crippen LogP contribution in [0, 0.1) is 5.92 Å². The molecule has 32 heavy (non-hydrogen) atoms. The summed E-state index contributed by atoms with van der Waals surface area (Å²) in [5.41, 5.74) is -1.39. The fourth-order valence-electron chi connectivity index (χ4n) is 5.67. The van der Waals surface area contributed by atoms with E-state index in [1.54, 1.807) is 6.92 Å². The number of rotatable bonds is 5. The van der Waals surface area contributed by atoms with Gasteiger partial charge in [0.1, 0.15) is 23.6 Å². The molecule has 4 aliphatic rings. The van der Waals surface area contributed by atoms with Crippen LogP contribution in [0.3, 0.4) is 0 Å². The van der Waals surface area contributed by atoms with E-state index in [0.29, 0.717) is 31.5 Å². The Balaban J connectivity index is 1.40. The number of amidine groups is 1. The first-order valence-corrected chi connectivity index (χ1v) is 12.3. The Bertz CT molecular complexity index is 691. The van der Waals surface area contributed by atoms with E-state index in [1.165, 1.54) is 0 Å². The van der Waals surface area contributed by atoms with Gasteiger partial charge in [-0.25, -0.2) is 0 Å². The number of ether oxygens (including phenoxy) is 2. The zero-order valence-electron chi connectivity index (χ0n) is 20.6. The Hall–Kier alpha value is -0.810. The predicted molar refractivity (Wildman–Crippen MR) is 123 cm³/mol. The molecule has 9 heteroatoms. The first-order chi connectivity index (χ1) is 15.1. The summed E-state index contributed by atoms with van der Waals surface area (Å²) >= 11 is 0. The minimum Gasteiger partial charge on any atom is -0.385 e. The van der Waals surface area contributed by atoms with E-state index in [-0.39, 0.29) is 18.6 Å². The highest BCUT2D eigenvalue weighted by Gasteiger charge is 2.55. The smallest absolute Gasteiger partial charge is 0.160 e. The number of hydrogen-bond acceptors (Lipinski definition) is 9. The molecule has 0 aromatic rings. The van der Waals surface area contributed by atoms with Gasteiger partial charge in [-0.15, -0.1) is 0 Å². The number of likely N-dealkylation sites (N-methyl/N-ethyl adjacent to an activating group) is 1. The van der Waals surface area contributed by atoms with Crippen LogP contribution in [0.1, 0.15) is 47.5 Å². The van der Waals surface area contributed by atoms with Crippen molar-refractivity contribution >= 4 is 5.84 Å². The third kappa shape index (κ3) is 4.33. The number of aliphatic hydroxyl groups excluding tert-OH is 1. The van der Waals surface area contributed by atoms with Crippen LogP contribution in [0.2, 0.25) is 0 Å². The molecule has 9 nitrogen and oxygen atoms in total. The van der Waals surface area contributed by atoms with Crippen LogP contribution in [-0.4, -0.2) is 119 Å². The first-order valence-electron chi connectivity index (χ1n) is 12.3. The zero-order chi connectivity index (χ0) is 23.2. The molecule has 0 saturated carbocycles. The van der Waals surface area contributed by atoms with Crippen molar-refractivity contribution in [2.75, 3.05) is 40.0 Å². The van der Waals surface area contributed by atoms with Crippen molar-refractivity contribution in [1.82, 2.24) is 20.0 Å². The molecule has 4 heterocycles. The molecular weight excluding hydrogens is 410 g/mol. The number of aliphatic imine (C=N–C) groups is 1. The zero-order valence-corrected chi connectivity index (χ0v) is 20.6. The van der Waals surface area contributed by atoms with E-state index in [9.17, 15) is 10.2 Å². The number of hydrogen-bond donors (Lipinski definition) is 3. The van der Waals surface area contributed by atoms with Crippen molar-refractivity contribution < 1.29 is 19.7 Å². The van der Waals surface area contributed by atoms with Gasteiger partial charge in [0.05, 0.1) is 25.5 Å². The lowest BCUT2D eigenvalue weighted by molar-refractivity contribution is -0.119. The summed E-state index contributed by atoms with van der Waals surface area (Å²) in [7, 11) is 2.07. The first kappa shape index (κ1) is 24.3. The van der Waals surface area contributed by atoms with E-state index in [0.717, 1.165) is 31.8 Å². The van der Waals surface area contributed by atoms with Gasteiger partial charge < -0.3 is 29.9 Å². The average molecular weight is 454 g/mol. The van der Waals surface area contributed by atoms with Crippen molar-refractivity contribution in [3.8, 4) is 0 Å². The summed E-state index contributed by atoms with van der Waals surface area (Å²) in [6, 6.07) is 0.913. The molecule has 0 aromatic heterocycles. The second kappa shape index (κ2) is 9.44. The molecule has 5 unspecified atom stereocenters. The highest BCUT2D eigenvalue weighted by molar-refractivity contribution is 5.85. The van der Waals surface area contributed by atoms with Gasteiger partial charge in [-0.05, 0) is 41.2 Å². The SMILES string of the molecule is CCN(C1=NCN(C)C(C)C1C)[C@@H]1O[C@H](COC2CCN3C(C)CNC3C2)[C@@](C)(O)[C@H]1O. The molecule has 4 rings (SSSR count). The molecule has 3 saturated heterocycles. The van der Waals surface area contributed by atoms with Gasteiger partial charge in [-0.2, -0.15) is 0 Å². The lowest BCUT2D eigenvalue weighted by Gasteiger charge is -2.41. The van der Waals surface area contributed by atoms with E-state index in [2.05, 4.69) is 42.9 Å². The molecule has 3 N–H and O–H groups in total. The molecule has 0 aliphatic carbocycles. The summed E-state index contributed by atoms with van der Waals surface area (Å²) in [5.74, 6) is 1.14. The number of nitrogens with one attached hydrogen (secondary N) is 1. The molecule has 4 aliphatic heterocycles. The van der Waals surface area contributed by atoms with Gasteiger partial charge in [0.2, 0.25) is 0 Å². The Morgan fingerprint density at radius 2 is 2.09 bits per heavy atom. The van der Waals surface area contributed by atoms with E-state index in [4.69, 9.17) is 14.5 Å². The maximum absolute atomic E-state index is 11.2. The fraction of sp³-hybridized carbons (Fsp3) is 0.957. The summed E-state index contributed by atoms with van der Waals surface area (Å²) in [5, 5.41) is 25.8. The van der Waals surface area contributed by atoms with Gasteiger partial charge in [0.15, 0.2) is 6.23 Å². The van der Waals surface area contributed by atoms with Crippen molar-refractivity contribution in [3.05, 3.63) is 0 Å². The molecule has 0 aromatic carbocycles. The minimum absolute atomic E-state index is 0.131. The number of aliphatic hydroxyl groups is 2. The Morgan fingerprint density at radius 3 is 2.81 bits per heavy atom. The summed E-state index contributed by atoms with van der Waals surface area (Å²) < 4.78 is 12.5. The van der Waals surface area contributed by atoms with Gasteiger partial charge in [-0.1, -0.05) is 6.92 Å². The lowest BCUT2D eigenvalue weighted by Crippen LogP contribution is -2.56. The minimum atomic E-state index is -1.39. The van der Waals surface area contributed by atoms with Crippen molar-refractivity contribution in [3.63, 3.8) is 0 Å². The molecule has 0 spiro atoms. The Labute approximate surface area is 192 Å². The Kier molecular flexibility index (Phi) is 7.18. The average Bonchev–Trinajstić information content (AvgIpc) is 3.24. The molecular formula is C23H43N5O4. The molecule has 0 radical (unpaired) electrons. The molecule has 9 atom stereocenters. The maximum Gasteiger partial charge on any atom is 0.160 e. The van der Waals surface area contributed by atoms with Crippen LogP contribution in [0.15, 0.2) is 4.99 Å².